The molecule has 100 valence electrons. The molecule has 2 aromatic carbocycles. The molecule has 1 unspecified atom stereocenters. The van der Waals surface area contributed by atoms with Gasteiger partial charge in [0.15, 0.2) is 0 Å². The minimum atomic E-state index is -0.262. The fourth-order valence-electron chi connectivity index (χ4n) is 2.06. The maximum Gasteiger partial charge on any atom is 0.128 e. The maximum atomic E-state index is 13.9. The summed E-state index contributed by atoms with van der Waals surface area (Å²) in [6.07, 6.45) is 0. The molecule has 0 radical (unpaired) electrons. The summed E-state index contributed by atoms with van der Waals surface area (Å²) >= 11 is 12.0. The normalized spacial score (nSPS) is 12.4. The molecule has 0 saturated heterocycles. The third-order valence-electron chi connectivity index (χ3n) is 2.84. The van der Waals surface area contributed by atoms with E-state index in [1.165, 1.54) is 6.07 Å². The van der Waals surface area contributed by atoms with Crippen LogP contribution >= 0.6 is 23.2 Å². The lowest BCUT2D eigenvalue weighted by Gasteiger charge is -2.20. The first-order chi connectivity index (χ1) is 9.11. The van der Waals surface area contributed by atoms with Crippen LogP contribution in [0.3, 0.4) is 0 Å². The van der Waals surface area contributed by atoms with Crippen molar-refractivity contribution in [1.29, 1.82) is 0 Å². The quantitative estimate of drug-likeness (QED) is 0.852. The molecule has 0 aliphatic carbocycles. The number of benzene rings is 2. The van der Waals surface area contributed by atoms with E-state index in [0.717, 1.165) is 5.56 Å². The van der Waals surface area contributed by atoms with Crippen molar-refractivity contribution < 1.29 is 4.39 Å². The van der Waals surface area contributed by atoms with E-state index in [9.17, 15) is 4.39 Å². The zero-order chi connectivity index (χ0) is 13.8. The third kappa shape index (κ3) is 3.47. The van der Waals surface area contributed by atoms with E-state index in [-0.39, 0.29) is 11.9 Å². The lowest BCUT2D eigenvalue weighted by molar-refractivity contribution is 0.559. The van der Waals surface area contributed by atoms with Crippen LogP contribution < -0.4 is 5.32 Å². The molecule has 2 rings (SSSR count). The van der Waals surface area contributed by atoms with E-state index >= 15 is 0 Å². The van der Waals surface area contributed by atoms with Gasteiger partial charge in [-0.1, -0.05) is 48.3 Å². The van der Waals surface area contributed by atoms with Crippen LogP contribution in [0, 0.1) is 5.82 Å². The molecule has 0 spiro atoms. The predicted octanol–water partition coefficient (Wildman–Crippen LogP) is 4.83. The van der Waals surface area contributed by atoms with Gasteiger partial charge in [0, 0.05) is 15.6 Å². The monoisotopic (exact) mass is 297 g/mol. The minimum absolute atomic E-state index is 0.246. The summed E-state index contributed by atoms with van der Waals surface area (Å²) in [5.74, 6) is -0.246. The standard InChI is InChI=1S/C15H14Cl2FN/c1-2-19-15(13-5-3-4-6-14(13)18)10-7-11(16)9-12(17)8-10/h3-9,15,19H,2H2,1H3. The molecule has 0 aliphatic heterocycles. The van der Waals surface area contributed by atoms with E-state index in [1.807, 2.05) is 13.0 Å². The highest BCUT2D eigenvalue weighted by Gasteiger charge is 2.17. The second-order valence-electron chi connectivity index (χ2n) is 4.21. The van der Waals surface area contributed by atoms with Gasteiger partial charge in [-0.2, -0.15) is 0 Å². The molecular weight excluding hydrogens is 284 g/mol. The predicted molar refractivity (Wildman–Crippen MR) is 78.4 cm³/mol. The van der Waals surface area contributed by atoms with Crippen molar-refractivity contribution in [2.24, 2.45) is 0 Å². The zero-order valence-electron chi connectivity index (χ0n) is 10.5. The average Bonchev–Trinajstić information content (AvgIpc) is 2.36. The average molecular weight is 298 g/mol. The molecule has 1 nitrogen and oxygen atoms in total. The number of rotatable bonds is 4. The van der Waals surface area contributed by atoms with Crippen LogP contribution in [-0.2, 0) is 0 Å². The van der Waals surface area contributed by atoms with E-state index < -0.39 is 0 Å². The van der Waals surface area contributed by atoms with Crippen molar-refractivity contribution in [1.82, 2.24) is 5.32 Å². The summed E-state index contributed by atoms with van der Waals surface area (Å²) in [6, 6.07) is 11.7. The van der Waals surface area contributed by atoms with Crippen LogP contribution in [0.2, 0.25) is 10.0 Å². The van der Waals surface area contributed by atoms with Crippen LogP contribution in [0.15, 0.2) is 42.5 Å². The smallest absolute Gasteiger partial charge is 0.128 e. The Bertz CT molecular complexity index is 552. The lowest BCUT2D eigenvalue weighted by Crippen LogP contribution is -2.23. The highest BCUT2D eigenvalue weighted by atomic mass is 35.5. The highest BCUT2D eigenvalue weighted by molar-refractivity contribution is 6.34. The molecule has 0 heterocycles. The van der Waals surface area contributed by atoms with Gasteiger partial charge in [0.2, 0.25) is 0 Å². The fraction of sp³-hybridized carbons (Fsp3) is 0.200. The Balaban J connectivity index is 2.48. The van der Waals surface area contributed by atoms with Crippen molar-refractivity contribution in [2.45, 2.75) is 13.0 Å². The molecule has 19 heavy (non-hydrogen) atoms. The first-order valence-electron chi connectivity index (χ1n) is 6.05. The van der Waals surface area contributed by atoms with Gasteiger partial charge in [-0.25, -0.2) is 4.39 Å². The number of hydrogen-bond donors (Lipinski definition) is 1. The Morgan fingerprint density at radius 1 is 1.11 bits per heavy atom. The largest absolute Gasteiger partial charge is 0.306 e. The topological polar surface area (TPSA) is 12.0 Å². The Hall–Kier alpha value is -1.09. The summed E-state index contributed by atoms with van der Waals surface area (Å²) < 4.78 is 13.9. The Kier molecular flexibility index (Phi) is 4.81. The highest BCUT2D eigenvalue weighted by Crippen LogP contribution is 2.29. The van der Waals surface area contributed by atoms with Gasteiger partial charge >= 0.3 is 0 Å². The third-order valence-corrected chi connectivity index (χ3v) is 3.28. The van der Waals surface area contributed by atoms with Gasteiger partial charge in [-0.05, 0) is 36.4 Å². The molecule has 1 atom stereocenters. The zero-order valence-corrected chi connectivity index (χ0v) is 12.0. The second-order valence-corrected chi connectivity index (χ2v) is 5.09. The summed E-state index contributed by atoms with van der Waals surface area (Å²) in [5.41, 5.74) is 1.44. The van der Waals surface area contributed by atoms with Gasteiger partial charge in [-0.15, -0.1) is 0 Å². The first kappa shape index (κ1) is 14.3. The van der Waals surface area contributed by atoms with Gasteiger partial charge in [0.25, 0.3) is 0 Å². The van der Waals surface area contributed by atoms with Crippen LogP contribution in [0.4, 0.5) is 4.39 Å². The SMILES string of the molecule is CCNC(c1cc(Cl)cc(Cl)c1)c1ccccc1F. The maximum absolute atomic E-state index is 13.9. The lowest BCUT2D eigenvalue weighted by atomic mass is 9.98. The van der Waals surface area contributed by atoms with Gasteiger partial charge < -0.3 is 5.32 Å². The summed E-state index contributed by atoms with van der Waals surface area (Å²) in [7, 11) is 0. The van der Waals surface area contributed by atoms with Gasteiger partial charge in [0.1, 0.15) is 5.82 Å². The van der Waals surface area contributed by atoms with Crippen molar-refractivity contribution in [2.75, 3.05) is 6.54 Å². The van der Waals surface area contributed by atoms with Crippen LogP contribution in [0.25, 0.3) is 0 Å². The molecule has 0 aliphatic rings. The Morgan fingerprint density at radius 3 is 2.32 bits per heavy atom. The molecule has 0 bridgehead atoms. The molecule has 1 N–H and O–H groups in total. The molecule has 0 amide bonds. The van der Waals surface area contributed by atoms with Crippen molar-refractivity contribution in [3.8, 4) is 0 Å². The van der Waals surface area contributed by atoms with Crippen molar-refractivity contribution in [3.05, 3.63) is 69.5 Å². The molecular formula is C15H14Cl2FN. The Morgan fingerprint density at radius 2 is 1.74 bits per heavy atom. The number of hydrogen-bond acceptors (Lipinski definition) is 1. The van der Waals surface area contributed by atoms with E-state index in [1.54, 1.807) is 30.3 Å². The molecule has 4 heteroatoms. The summed E-state index contributed by atoms with van der Waals surface area (Å²) in [4.78, 5) is 0. The van der Waals surface area contributed by atoms with Crippen LogP contribution in [-0.4, -0.2) is 6.54 Å². The molecule has 0 saturated carbocycles. The Labute approximate surface area is 122 Å². The van der Waals surface area contributed by atoms with Gasteiger partial charge in [-0.3, -0.25) is 0 Å². The number of nitrogens with one attached hydrogen (secondary N) is 1. The van der Waals surface area contributed by atoms with Crippen LogP contribution in [0.5, 0.6) is 0 Å². The van der Waals surface area contributed by atoms with Crippen LogP contribution in [0.1, 0.15) is 24.1 Å². The minimum Gasteiger partial charge on any atom is -0.306 e. The van der Waals surface area contributed by atoms with E-state index in [2.05, 4.69) is 5.32 Å². The van der Waals surface area contributed by atoms with E-state index in [0.29, 0.717) is 22.2 Å². The summed E-state index contributed by atoms with van der Waals surface area (Å²) in [5, 5.41) is 4.34. The van der Waals surface area contributed by atoms with Crippen molar-refractivity contribution in [3.63, 3.8) is 0 Å². The summed E-state index contributed by atoms with van der Waals surface area (Å²) in [6.45, 7) is 2.68. The first-order valence-corrected chi connectivity index (χ1v) is 6.81. The molecule has 2 aromatic rings. The molecule has 0 aromatic heterocycles. The van der Waals surface area contributed by atoms with E-state index in [4.69, 9.17) is 23.2 Å². The number of halogens is 3. The van der Waals surface area contributed by atoms with Gasteiger partial charge in [0.05, 0.1) is 6.04 Å². The molecule has 0 fully saturated rings. The fourth-order valence-corrected chi connectivity index (χ4v) is 2.61. The second kappa shape index (κ2) is 6.38. The van der Waals surface area contributed by atoms with Crippen molar-refractivity contribution >= 4 is 23.2 Å².